The van der Waals surface area contributed by atoms with Gasteiger partial charge in [-0.25, -0.2) is 9.78 Å². The molecule has 1 aliphatic rings. The molecule has 3 N–H and O–H groups in total. The zero-order chi connectivity index (χ0) is 30.1. The quantitative estimate of drug-likeness (QED) is 0.408. The fraction of sp³-hybridized carbons (Fsp3) is 0.333. The molecule has 1 aromatic heterocycles. The Labute approximate surface area is 234 Å². The number of nitrogens with one attached hydrogen (secondary N) is 1. The van der Waals surface area contributed by atoms with Gasteiger partial charge in [-0.3, -0.25) is 9.69 Å². The van der Waals surface area contributed by atoms with Gasteiger partial charge < -0.3 is 30.2 Å². The summed E-state index contributed by atoms with van der Waals surface area (Å²) in [5.41, 5.74) is 4.90. The maximum Gasteiger partial charge on any atom is 0.416 e. The Bertz CT molecular complexity index is 1460. The minimum absolute atomic E-state index is 0.0163. The standard InChI is InChI=1S/C27H29F3N6O5/c1-26(2)14-36(25(38)34-26)24-32-12-18(22(31)33-24)23(37)35(17-8-6-7-16(11-17)27(28,29)30)13-15-9-19(39-3)21(41-5)20(10-15)40-4/h6-12H,13-14H2,1-5H3,(H,34,38)(H2,31,32,33). The van der Waals surface area contributed by atoms with Crippen molar-refractivity contribution in [1.82, 2.24) is 15.3 Å². The molecule has 0 saturated carbocycles. The van der Waals surface area contributed by atoms with E-state index in [4.69, 9.17) is 19.9 Å². The topological polar surface area (TPSA) is 132 Å². The minimum atomic E-state index is -4.65. The molecule has 0 radical (unpaired) electrons. The molecule has 11 nitrogen and oxygen atoms in total. The molecule has 1 fully saturated rings. The highest BCUT2D eigenvalue weighted by Gasteiger charge is 2.37. The molecule has 0 atom stereocenters. The normalized spacial score (nSPS) is 14.4. The second-order valence-electron chi connectivity index (χ2n) is 9.84. The Morgan fingerprint density at radius 3 is 2.29 bits per heavy atom. The van der Waals surface area contributed by atoms with Gasteiger partial charge in [0.15, 0.2) is 11.5 Å². The summed E-state index contributed by atoms with van der Waals surface area (Å²) >= 11 is 0. The second-order valence-corrected chi connectivity index (χ2v) is 9.84. The van der Waals surface area contributed by atoms with Crippen LogP contribution in [-0.2, 0) is 12.7 Å². The minimum Gasteiger partial charge on any atom is -0.493 e. The fourth-order valence-corrected chi connectivity index (χ4v) is 4.39. The van der Waals surface area contributed by atoms with E-state index in [-0.39, 0.29) is 47.6 Å². The average molecular weight is 575 g/mol. The van der Waals surface area contributed by atoms with E-state index >= 15 is 0 Å². The molecule has 0 bridgehead atoms. The number of nitrogens with two attached hydrogens (primary N) is 1. The van der Waals surface area contributed by atoms with Crippen molar-refractivity contribution >= 4 is 29.4 Å². The number of ether oxygens (including phenoxy) is 3. The third kappa shape index (κ3) is 6.05. The van der Waals surface area contributed by atoms with Gasteiger partial charge >= 0.3 is 12.2 Å². The number of halogens is 3. The summed E-state index contributed by atoms with van der Waals surface area (Å²) in [5, 5.41) is 2.78. The van der Waals surface area contributed by atoms with Crippen LogP contribution in [0.4, 0.5) is 35.4 Å². The molecule has 0 aliphatic carbocycles. The van der Waals surface area contributed by atoms with Crippen molar-refractivity contribution in [3.63, 3.8) is 0 Å². The predicted octanol–water partition coefficient (Wildman–Crippen LogP) is 4.26. The number of hydrogen-bond acceptors (Lipinski definition) is 8. The first kappa shape index (κ1) is 29.2. The summed E-state index contributed by atoms with van der Waals surface area (Å²) < 4.78 is 56.8. The Morgan fingerprint density at radius 1 is 1.12 bits per heavy atom. The van der Waals surface area contributed by atoms with Crippen LogP contribution in [0, 0.1) is 0 Å². The van der Waals surface area contributed by atoms with Crippen LogP contribution >= 0.6 is 0 Å². The molecular weight excluding hydrogens is 545 g/mol. The Hall–Kier alpha value is -4.75. The molecule has 1 saturated heterocycles. The number of rotatable bonds is 8. The number of carbonyl (C=O) groups is 2. The summed E-state index contributed by atoms with van der Waals surface area (Å²) in [6, 6.07) is 7.05. The first-order valence-electron chi connectivity index (χ1n) is 12.3. The average Bonchev–Trinajstić information content (AvgIpc) is 3.21. The largest absolute Gasteiger partial charge is 0.493 e. The summed E-state index contributed by atoms with van der Waals surface area (Å²) in [5.74, 6) is -0.155. The molecular formula is C27H29F3N6O5. The van der Waals surface area contributed by atoms with Crippen molar-refractivity contribution in [2.75, 3.05) is 43.4 Å². The van der Waals surface area contributed by atoms with Crippen molar-refractivity contribution in [2.24, 2.45) is 0 Å². The Morgan fingerprint density at radius 2 is 1.78 bits per heavy atom. The SMILES string of the molecule is COc1cc(CN(C(=O)c2cnc(N3CC(C)(C)NC3=O)nc2N)c2cccc(C(F)(F)F)c2)cc(OC)c1OC. The molecule has 41 heavy (non-hydrogen) atoms. The van der Waals surface area contributed by atoms with Gasteiger partial charge in [-0.15, -0.1) is 0 Å². The molecule has 2 aromatic carbocycles. The zero-order valence-corrected chi connectivity index (χ0v) is 23.0. The predicted molar refractivity (Wildman–Crippen MR) is 144 cm³/mol. The van der Waals surface area contributed by atoms with Crippen molar-refractivity contribution in [2.45, 2.75) is 32.1 Å². The third-order valence-electron chi connectivity index (χ3n) is 6.32. The van der Waals surface area contributed by atoms with E-state index in [9.17, 15) is 22.8 Å². The lowest BCUT2D eigenvalue weighted by molar-refractivity contribution is -0.137. The van der Waals surface area contributed by atoms with Gasteiger partial charge in [-0.2, -0.15) is 18.2 Å². The van der Waals surface area contributed by atoms with Crippen molar-refractivity contribution in [1.29, 1.82) is 0 Å². The summed E-state index contributed by atoms with van der Waals surface area (Å²) in [6.07, 6.45) is -3.50. The van der Waals surface area contributed by atoms with E-state index in [1.165, 1.54) is 38.4 Å². The first-order valence-corrected chi connectivity index (χ1v) is 12.3. The molecule has 218 valence electrons. The van der Waals surface area contributed by atoms with Crippen molar-refractivity contribution < 1.29 is 37.0 Å². The number of aromatic nitrogens is 2. The molecule has 2 heterocycles. The van der Waals surface area contributed by atoms with Gasteiger partial charge in [0.25, 0.3) is 5.91 Å². The van der Waals surface area contributed by atoms with E-state index < -0.39 is 29.2 Å². The molecule has 1 aliphatic heterocycles. The number of methoxy groups -OCH3 is 3. The molecule has 0 spiro atoms. The van der Waals surface area contributed by atoms with E-state index in [0.29, 0.717) is 11.3 Å². The van der Waals surface area contributed by atoms with Crippen LogP contribution in [0.3, 0.4) is 0 Å². The van der Waals surface area contributed by atoms with E-state index in [1.807, 2.05) is 13.8 Å². The molecule has 3 amide bonds. The molecule has 14 heteroatoms. The van der Waals surface area contributed by atoms with Crippen molar-refractivity contribution in [3.8, 4) is 17.2 Å². The van der Waals surface area contributed by atoms with Crippen LogP contribution in [0.2, 0.25) is 0 Å². The fourth-order valence-electron chi connectivity index (χ4n) is 4.39. The van der Waals surface area contributed by atoms with Crippen LogP contribution in [-0.4, -0.2) is 55.3 Å². The van der Waals surface area contributed by atoms with E-state index in [2.05, 4.69) is 15.3 Å². The van der Waals surface area contributed by atoms with Crippen LogP contribution in [0.1, 0.15) is 35.3 Å². The van der Waals surface area contributed by atoms with Gasteiger partial charge in [0.1, 0.15) is 11.4 Å². The van der Waals surface area contributed by atoms with Crippen LogP contribution in [0.15, 0.2) is 42.6 Å². The highest BCUT2D eigenvalue weighted by atomic mass is 19.4. The zero-order valence-electron chi connectivity index (χ0n) is 23.0. The lowest BCUT2D eigenvalue weighted by atomic mass is 10.1. The van der Waals surface area contributed by atoms with Crippen LogP contribution in [0.25, 0.3) is 0 Å². The summed E-state index contributed by atoms with van der Waals surface area (Å²) in [6.45, 7) is 3.70. The van der Waals surface area contributed by atoms with Gasteiger partial charge in [0.05, 0.1) is 45.5 Å². The molecule has 3 aromatic rings. The maximum absolute atomic E-state index is 13.9. The highest BCUT2D eigenvalue weighted by molar-refractivity contribution is 6.09. The number of benzene rings is 2. The number of nitrogen functional groups attached to an aromatic ring is 1. The number of amides is 3. The van der Waals surface area contributed by atoms with Gasteiger partial charge in [-0.1, -0.05) is 6.07 Å². The first-order chi connectivity index (χ1) is 19.3. The highest BCUT2D eigenvalue weighted by Crippen LogP contribution is 2.39. The monoisotopic (exact) mass is 574 g/mol. The molecule has 4 rings (SSSR count). The second kappa shape index (κ2) is 11.0. The number of nitrogens with zero attached hydrogens (tertiary/aromatic N) is 4. The third-order valence-corrected chi connectivity index (χ3v) is 6.32. The smallest absolute Gasteiger partial charge is 0.416 e. The van der Waals surface area contributed by atoms with Gasteiger partial charge in [0.2, 0.25) is 11.7 Å². The number of anilines is 3. The van der Waals surface area contributed by atoms with Crippen molar-refractivity contribution in [3.05, 3.63) is 59.3 Å². The lowest BCUT2D eigenvalue weighted by Crippen LogP contribution is -2.36. The number of hydrogen-bond donors (Lipinski definition) is 2. The van der Waals surface area contributed by atoms with Crippen LogP contribution in [0.5, 0.6) is 17.2 Å². The van der Waals surface area contributed by atoms with E-state index in [0.717, 1.165) is 23.2 Å². The van der Waals surface area contributed by atoms with Gasteiger partial charge in [0, 0.05) is 11.9 Å². The number of alkyl halides is 3. The van der Waals surface area contributed by atoms with Crippen LogP contribution < -0.4 is 35.1 Å². The maximum atomic E-state index is 13.9. The molecule has 0 unspecified atom stereocenters. The van der Waals surface area contributed by atoms with Gasteiger partial charge in [-0.05, 0) is 49.7 Å². The Kier molecular flexibility index (Phi) is 7.86. The van der Waals surface area contributed by atoms with E-state index in [1.54, 1.807) is 12.1 Å². The summed E-state index contributed by atoms with van der Waals surface area (Å²) in [4.78, 5) is 37.0. The number of carbonyl (C=O) groups excluding carboxylic acids is 2. The Balaban J connectivity index is 1.77. The summed E-state index contributed by atoms with van der Waals surface area (Å²) in [7, 11) is 4.26. The number of urea groups is 1. The lowest BCUT2D eigenvalue weighted by Gasteiger charge is -2.25.